The molecule has 25 heavy (non-hydrogen) atoms. The van der Waals surface area contributed by atoms with Crippen LogP contribution in [0.2, 0.25) is 0 Å². The Hall–Kier alpha value is -2.37. The second kappa shape index (κ2) is 7.25. The number of rotatable bonds is 3. The van der Waals surface area contributed by atoms with Crippen molar-refractivity contribution in [3.05, 3.63) is 29.8 Å². The number of fused-ring (bicyclic) bond motifs is 1. The summed E-state index contributed by atoms with van der Waals surface area (Å²) in [5.41, 5.74) is 1.10. The molecular weight excluding hydrogens is 320 g/mol. The van der Waals surface area contributed by atoms with Crippen molar-refractivity contribution >= 4 is 23.5 Å². The Bertz CT molecular complexity index is 680. The Morgan fingerprint density at radius 3 is 2.56 bits per heavy atom. The van der Waals surface area contributed by atoms with Gasteiger partial charge in [-0.15, -0.1) is 0 Å². The molecular formula is C19H24N2O4. The monoisotopic (exact) mass is 344 g/mol. The van der Waals surface area contributed by atoms with E-state index in [9.17, 15) is 14.4 Å². The molecule has 0 radical (unpaired) electrons. The van der Waals surface area contributed by atoms with E-state index in [2.05, 4.69) is 5.32 Å². The molecule has 1 aromatic rings. The number of esters is 1. The SMILES string of the molecule is COC(=O)C1CCC([C@H](C)N2CC(=O)Nc3ccccc3C2=O)CC1. The third-order valence-electron chi connectivity index (χ3n) is 5.49. The van der Waals surface area contributed by atoms with Gasteiger partial charge in [0.15, 0.2) is 0 Å². The molecule has 1 fully saturated rings. The van der Waals surface area contributed by atoms with E-state index in [0.29, 0.717) is 11.3 Å². The number of ether oxygens (including phenoxy) is 1. The van der Waals surface area contributed by atoms with Crippen molar-refractivity contribution in [2.24, 2.45) is 11.8 Å². The molecule has 1 aromatic carbocycles. The van der Waals surface area contributed by atoms with Crippen molar-refractivity contribution in [2.45, 2.75) is 38.6 Å². The standard InChI is InChI=1S/C19H24N2O4/c1-12(13-7-9-14(10-8-13)19(24)25-2)21-11-17(22)20-16-6-4-3-5-15(16)18(21)23/h3-6,12-14H,7-11H2,1-2H3,(H,20,22)/t12-,13?,14?/m0/s1. The van der Waals surface area contributed by atoms with Crippen LogP contribution in [-0.4, -0.2) is 42.4 Å². The van der Waals surface area contributed by atoms with E-state index in [1.165, 1.54) is 7.11 Å². The third kappa shape index (κ3) is 3.52. The highest BCUT2D eigenvalue weighted by Gasteiger charge is 2.36. The van der Waals surface area contributed by atoms with E-state index >= 15 is 0 Å². The fraction of sp³-hybridized carbons (Fsp3) is 0.526. The molecule has 0 bridgehead atoms. The summed E-state index contributed by atoms with van der Waals surface area (Å²) in [5, 5.41) is 2.81. The average molecular weight is 344 g/mol. The zero-order chi connectivity index (χ0) is 18.0. The van der Waals surface area contributed by atoms with Gasteiger partial charge in [-0.05, 0) is 50.7 Å². The number of nitrogens with one attached hydrogen (secondary N) is 1. The first-order valence-electron chi connectivity index (χ1n) is 8.79. The molecule has 0 unspecified atom stereocenters. The maximum Gasteiger partial charge on any atom is 0.308 e. The van der Waals surface area contributed by atoms with Crippen LogP contribution in [0.1, 0.15) is 43.0 Å². The molecule has 6 heteroatoms. The van der Waals surface area contributed by atoms with Crippen molar-refractivity contribution in [3.63, 3.8) is 0 Å². The van der Waals surface area contributed by atoms with E-state index in [1.807, 2.05) is 6.92 Å². The number of hydrogen-bond donors (Lipinski definition) is 1. The average Bonchev–Trinajstić information content (AvgIpc) is 2.77. The molecule has 1 aliphatic heterocycles. The van der Waals surface area contributed by atoms with Crippen LogP contribution < -0.4 is 5.32 Å². The number of hydrogen-bond acceptors (Lipinski definition) is 4. The fourth-order valence-corrected chi connectivity index (χ4v) is 3.94. The maximum atomic E-state index is 12.9. The van der Waals surface area contributed by atoms with Crippen molar-refractivity contribution < 1.29 is 19.1 Å². The van der Waals surface area contributed by atoms with Crippen LogP contribution in [0.25, 0.3) is 0 Å². The lowest BCUT2D eigenvalue weighted by molar-refractivity contribution is -0.147. The summed E-state index contributed by atoms with van der Waals surface area (Å²) in [4.78, 5) is 38.5. The van der Waals surface area contributed by atoms with Gasteiger partial charge >= 0.3 is 5.97 Å². The number of nitrogens with zero attached hydrogens (tertiary/aromatic N) is 1. The summed E-state index contributed by atoms with van der Waals surface area (Å²) in [6.45, 7) is 2.06. The molecule has 2 aliphatic rings. The molecule has 1 atom stereocenters. The van der Waals surface area contributed by atoms with Crippen LogP contribution in [-0.2, 0) is 14.3 Å². The van der Waals surface area contributed by atoms with Gasteiger partial charge in [-0.1, -0.05) is 12.1 Å². The van der Waals surface area contributed by atoms with E-state index < -0.39 is 0 Å². The number of carbonyl (C=O) groups is 3. The lowest BCUT2D eigenvalue weighted by Crippen LogP contribution is -2.46. The largest absolute Gasteiger partial charge is 0.469 e. The Morgan fingerprint density at radius 1 is 1.20 bits per heavy atom. The van der Waals surface area contributed by atoms with Crippen LogP contribution in [0.15, 0.2) is 24.3 Å². The summed E-state index contributed by atoms with van der Waals surface area (Å²) in [5.74, 6) is -0.199. The summed E-state index contributed by atoms with van der Waals surface area (Å²) >= 11 is 0. The summed E-state index contributed by atoms with van der Waals surface area (Å²) in [7, 11) is 1.42. The van der Waals surface area contributed by atoms with Gasteiger partial charge in [0.25, 0.3) is 5.91 Å². The van der Waals surface area contributed by atoms with E-state index in [-0.39, 0.29) is 42.2 Å². The van der Waals surface area contributed by atoms with Gasteiger partial charge in [-0.3, -0.25) is 14.4 Å². The van der Waals surface area contributed by atoms with E-state index in [4.69, 9.17) is 4.74 Å². The van der Waals surface area contributed by atoms with Gasteiger partial charge in [0.1, 0.15) is 6.54 Å². The van der Waals surface area contributed by atoms with Gasteiger partial charge in [0.05, 0.1) is 24.3 Å². The highest BCUT2D eigenvalue weighted by atomic mass is 16.5. The van der Waals surface area contributed by atoms with Crippen molar-refractivity contribution in [1.82, 2.24) is 4.90 Å². The molecule has 1 saturated carbocycles. The van der Waals surface area contributed by atoms with Crippen LogP contribution in [0.4, 0.5) is 5.69 Å². The van der Waals surface area contributed by atoms with Crippen LogP contribution in [0, 0.1) is 11.8 Å². The van der Waals surface area contributed by atoms with Crippen LogP contribution >= 0.6 is 0 Å². The Balaban J connectivity index is 1.74. The zero-order valence-electron chi connectivity index (χ0n) is 14.7. The zero-order valence-corrected chi connectivity index (χ0v) is 14.7. The molecule has 3 rings (SSSR count). The summed E-state index contributed by atoms with van der Waals surface area (Å²) in [6.07, 6.45) is 3.25. The fourth-order valence-electron chi connectivity index (χ4n) is 3.94. The number of carbonyl (C=O) groups excluding carboxylic acids is 3. The predicted molar refractivity (Wildman–Crippen MR) is 93.0 cm³/mol. The van der Waals surface area contributed by atoms with Gasteiger partial charge in [-0.2, -0.15) is 0 Å². The maximum absolute atomic E-state index is 12.9. The normalized spacial score (nSPS) is 24.8. The summed E-state index contributed by atoms with van der Waals surface area (Å²) in [6, 6.07) is 7.05. The molecule has 6 nitrogen and oxygen atoms in total. The Labute approximate surface area is 147 Å². The number of anilines is 1. The third-order valence-corrected chi connectivity index (χ3v) is 5.49. The highest BCUT2D eigenvalue weighted by Crippen LogP contribution is 2.34. The lowest BCUT2D eigenvalue weighted by Gasteiger charge is -2.37. The minimum absolute atomic E-state index is 0.0442. The second-order valence-corrected chi connectivity index (χ2v) is 6.90. The van der Waals surface area contributed by atoms with Crippen molar-refractivity contribution in [1.29, 1.82) is 0 Å². The minimum atomic E-state index is -0.173. The lowest BCUT2D eigenvalue weighted by atomic mass is 9.78. The molecule has 2 amide bonds. The second-order valence-electron chi connectivity index (χ2n) is 6.90. The number of amides is 2. The minimum Gasteiger partial charge on any atom is -0.469 e. The van der Waals surface area contributed by atoms with Gasteiger partial charge in [-0.25, -0.2) is 0 Å². The summed E-state index contributed by atoms with van der Waals surface area (Å²) < 4.78 is 4.83. The van der Waals surface area contributed by atoms with Crippen LogP contribution in [0.3, 0.4) is 0 Å². The van der Waals surface area contributed by atoms with E-state index in [1.54, 1.807) is 29.2 Å². The first-order chi connectivity index (χ1) is 12.0. The Kier molecular flexibility index (Phi) is 5.06. The first kappa shape index (κ1) is 17.5. The predicted octanol–water partition coefficient (Wildman–Crippen LogP) is 2.45. The van der Waals surface area contributed by atoms with Crippen molar-refractivity contribution in [3.8, 4) is 0 Å². The molecule has 1 heterocycles. The van der Waals surface area contributed by atoms with Gasteiger partial charge in [0.2, 0.25) is 5.91 Å². The topological polar surface area (TPSA) is 75.7 Å². The smallest absolute Gasteiger partial charge is 0.308 e. The van der Waals surface area contributed by atoms with Gasteiger partial charge < -0.3 is 15.0 Å². The quantitative estimate of drug-likeness (QED) is 0.855. The number of para-hydroxylation sites is 1. The first-order valence-corrected chi connectivity index (χ1v) is 8.79. The molecule has 0 saturated heterocycles. The highest BCUT2D eigenvalue weighted by molar-refractivity contribution is 6.08. The Morgan fingerprint density at radius 2 is 1.88 bits per heavy atom. The molecule has 134 valence electrons. The molecule has 1 aliphatic carbocycles. The molecule has 0 spiro atoms. The van der Waals surface area contributed by atoms with Crippen LogP contribution in [0.5, 0.6) is 0 Å². The van der Waals surface area contributed by atoms with Crippen molar-refractivity contribution in [2.75, 3.05) is 19.0 Å². The molecule has 0 aromatic heterocycles. The molecule has 1 N–H and O–H groups in total. The number of benzene rings is 1. The van der Waals surface area contributed by atoms with E-state index in [0.717, 1.165) is 25.7 Å². The number of methoxy groups -OCH3 is 1. The van der Waals surface area contributed by atoms with Gasteiger partial charge in [0, 0.05) is 6.04 Å².